The lowest BCUT2D eigenvalue weighted by Crippen LogP contribution is -2.50. The summed E-state index contributed by atoms with van der Waals surface area (Å²) in [6.45, 7) is 1.87. The summed E-state index contributed by atoms with van der Waals surface area (Å²) in [6, 6.07) is 12.5. The molecule has 148 valence electrons. The van der Waals surface area contributed by atoms with E-state index in [4.69, 9.17) is 0 Å². The Hall–Kier alpha value is -2.43. The Labute approximate surface area is 178 Å². The number of carbonyl (C=O) groups is 1. The van der Waals surface area contributed by atoms with Crippen molar-refractivity contribution in [1.82, 2.24) is 15.3 Å². The molecule has 4 rings (SSSR count). The summed E-state index contributed by atoms with van der Waals surface area (Å²) in [6.07, 6.45) is 6.11. The number of benzene rings is 1. The first-order chi connectivity index (χ1) is 14.1. The fourth-order valence-electron chi connectivity index (χ4n) is 3.75. The maximum absolute atomic E-state index is 12.9. The van der Waals surface area contributed by atoms with E-state index in [1.54, 1.807) is 17.7 Å². The van der Waals surface area contributed by atoms with Gasteiger partial charge in [-0.2, -0.15) is 5.26 Å². The average molecular weight is 423 g/mol. The fraction of sp³-hybridized carbons (Fsp3) is 0.364. The van der Waals surface area contributed by atoms with Gasteiger partial charge in [0.25, 0.3) is 0 Å². The molecule has 1 N–H and O–H groups in total. The molecule has 1 unspecified atom stereocenters. The Morgan fingerprint density at radius 3 is 2.72 bits per heavy atom. The number of carbonyl (C=O) groups excluding carboxylic acids is 1. The van der Waals surface area contributed by atoms with Crippen LogP contribution in [-0.4, -0.2) is 26.7 Å². The molecule has 5 nitrogen and oxygen atoms in total. The molecule has 0 saturated heterocycles. The van der Waals surface area contributed by atoms with E-state index in [-0.39, 0.29) is 11.2 Å². The predicted molar refractivity (Wildman–Crippen MR) is 118 cm³/mol. The number of thiophene rings is 1. The van der Waals surface area contributed by atoms with E-state index in [0.717, 1.165) is 58.5 Å². The molecule has 7 heteroatoms. The highest BCUT2D eigenvalue weighted by Crippen LogP contribution is 2.39. The summed E-state index contributed by atoms with van der Waals surface area (Å²) < 4.78 is 0. The molecular formula is C22H22N4OS2. The summed E-state index contributed by atoms with van der Waals surface area (Å²) in [5, 5.41) is 16.2. The summed E-state index contributed by atoms with van der Waals surface area (Å²) in [7, 11) is 0. The average Bonchev–Trinajstić information content (AvgIpc) is 3.20. The molecular weight excluding hydrogens is 400 g/mol. The predicted octanol–water partition coefficient (Wildman–Crippen LogP) is 5.18. The van der Waals surface area contributed by atoms with Gasteiger partial charge in [0.15, 0.2) is 0 Å². The number of amides is 1. The first-order valence-corrected chi connectivity index (χ1v) is 11.6. The van der Waals surface area contributed by atoms with Crippen LogP contribution in [-0.2, 0) is 4.79 Å². The zero-order valence-electron chi connectivity index (χ0n) is 16.2. The third-order valence-electron chi connectivity index (χ3n) is 5.36. The number of thioether (sulfide) groups is 1. The number of hydrogen-bond acceptors (Lipinski definition) is 6. The molecule has 1 atom stereocenters. The van der Waals surface area contributed by atoms with Gasteiger partial charge in [0.1, 0.15) is 21.7 Å². The smallest absolute Gasteiger partial charge is 0.234 e. The minimum atomic E-state index is -0.720. The van der Waals surface area contributed by atoms with E-state index < -0.39 is 5.54 Å². The standard InChI is InChI=1S/C22H22N4OS2/c1-15(19(27)26-22(13-23)10-6-3-7-11-22)29-21-18-17(16-8-4-2-5-9-16)12-28-20(18)24-14-25-21/h2,4-5,8-9,12,14-15H,3,6-7,10-11H2,1H3,(H,26,27). The summed E-state index contributed by atoms with van der Waals surface area (Å²) in [4.78, 5) is 22.7. The minimum Gasteiger partial charge on any atom is -0.337 e. The Morgan fingerprint density at radius 1 is 1.24 bits per heavy atom. The third-order valence-corrected chi connectivity index (χ3v) is 7.35. The largest absolute Gasteiger partial charge is 0.337 e. The maximum atomic E-state index is 12.9. The zero-order chi connectivity index (χ0) is 20.3. The minimum absolute atomic E-state index is 0.110. The number of nitrogens with zero attached hydrogens (tertiary/aromatic N) is 3. The second-order valence-electron chi connectivity index (χ2n) is 7.38. The first kappa shape index (κ1) is 19.9. The van der Waals surface area contributed by atoms with E-state index in [1.807, 2.05) is 25.1 Å². The molecule has 0 bridgehead atoms. The van der Waals surface area contributed by atoms with Gasteiger partial charge in [-0.05, 0) is 25.3 Å². The molecule has 3 aromatic rings. The van der Waals surface area contributed by atoms with Crippen LogP contribution in [0.25, 0.3) is 21.3 Å². The van der Waals surface area contributed by atoms with Gasteiger partial charge in [-0.1, -0.05) is 61.4 Å². The lowest BCUT2D eigenvalue weighted by molar-refractivity contribution is -0.121. The van der Waals surface area contributed by atoms with Crippen molar-refractivity contribution < 1.29 is 4.79 Å². The molecule has 0 aliphatic heterocycles. The van der Waals surface area contributed by atoms with Crippen LogP contribution in [0.2, 0.25) is 0 Å². The molecule has 1 fully saturated rings. The van der Waals surface area contributed by atoms with Crippen molar-refractivity contribution in [3.05, 3.63) is 42.0 Å². The van der Waals surface area contributed by atoms with Gasteiger partial charge in [0.2, 0.25) is 5.91 Å². The van der Waals surface area contributed by atoms with Crippen LogP contribution in [0.1, 0.15) is 39.0 Å². The molecule has 29 heavy (non-hydrogen) atoms. The van der Waals surface area contributed by atoms with Crippen LogP contribution in [0.5, 0.6) is 0 Å². The van der Waals surface area contributed by atoms with E-state index in [1.165, 1.54) is 11.8 Å². The van der Waals surface area contributed by atoms with Crippen molar-refractivity contribution >= 4 is 39.2 Å². The SMILES string of the molecule is CC(Sc1ncnc2scc(-c3ccccc3)c12)C(=O)NC1(C#N)CCCCC1. The molecule has 2 heterocycles. The van der Waals surface area contributed by atoms with Gasteiger partial charge in [0, 0.05) is 10.9 Å². The van der Waals surface area contributed by atoms with E-state index in [9.17, 15) is 10.1 Å². The van der Waals surface area contributed by atoms with Crippen LogP contribution in [0.4, 0.5) is 0 Å². The molecule has 0 spiro atoms. The van der Waals surface area contributed by atoms with Gasteiger partial charge >= 0.3 is 0 Å². The lowest BCUT2D eigenvalue weighted by Gasteiger charge is -2.32. The maximum Gasteiger partial charge on any atom is 0.234 e. The van der Waals surface area contributed by atoms with E-state index >= 15 is 0 Å². The first-order valence-electron chi connectivity index (χ1n) is 9.79. The van der Waals surface area contributed by atoms with Crippen molar-refractivity contribution in [1.29, 1.82) is 5.26 Å². The summed E-state index contributed by atoms with van der Waals surface area (Å²) in [5.74, 6) is -0.110. The lowest BCUT2D eigenvalue weighted by atomic mass is 9.83. The fourth-order valence-corrected chi connectivity index (χ4v) is 5.66. The third kappa shape index (κ3) is 4.14. The quantitative estimate of drug-likeness (QED) is 0.453. The molecule has 0 radical (unpaired) electrons. The number of fused-ring (bicyclic) bond motifs is 1. The van der Waals surface area contributed by atoms with Crippen LogP contribution >= 0.6 is 23.1 Å². The van der Waals surface area contributed by atoms with Crippen molar-refractivity contribution in [2.45, 2.75) is 54.8 Å². The Balaban J connectivity index is 1.58. The van der Waals surface area contributed by atoms with Crippen molar-refractivity contribution in [2.75, 3.05) is 0 Å². The molecule has 1 amide bonds. The molecule has 1 saturated carbocycles. The van der Waals surface area contributed by atoms with Gasteiger partial charge in [-0.15, -0.1) is 11.3 Å². The Bertz CT molecular complexity index is 1050. The number of aromatic nitrogens is 2. The molecule has 2 aromatic heterocycles. The highest BCUT2D eigenvalue weighted by molar-refractivity contribution is 8.00. The number of hydrogen-bond donors (Lipinski definition) is 1. The van der Waals surface area contributed by atoms with Crippen LogP contribution in [0.3, 0.4) is 0 Å². The van der Waals surface area contributed by atoms with Crippen LogP contribution < -0.4 is 5.32 Å². The van der Waals surface area contributed by atoms with Gasteiger partial charge in [-0.25, -0.2) is 9.97 Å². The highest BCUT2D eigenvalue weighted by Gasteiger charge is 2.35. The van der Waals surface area contributed by atoms with Gasteiger partial charge < -0.3 is 5.32 Å². The number of nitrogens with one attached hydrogen (secondary N) is 1. The molecule has 1 aliphatic carbocycles. The van der Waals surface area contributed by atoms with Crippen molar-refractivity contribution in [3.8, 4) is 17.2 Å². The Kier molecular flexibility index (Phi) is 5.84. The normalized spacial score (nSPS) is 16.8. The van der Waals surface area contributed by atoms with Crippen LogP contribution in [0.15, 0.2) is 47.1 Å². The van der Waals surface area contributed by atoms with E-state index in [0.29, 0.717) is 0 Å². The number of nitriles is 1. The monoisotopic (exact) mass is 422 g/mol. The summed E-state index contributed by atoms with van der Waals surface area (Å²) in [5.41, 5.74) is 1.48. The van der Waals surface area contributed by atoms with Crippen molar-refractivity contribution in [3.63, 3.8) is 0 Å². The number of rotatable bonds is 5. The van der Waals surface area contributed by atoms with Crippen molar-refractivity contribution in [2.24, 2.45) is 0 Å². The molecule has 1 aromatic carbocycles. The topological polar surface area (TPSA) is 78.7 Å². The highest BCUT2D eigenvalue weighted by atomic mass is 32.2. The molecule has 1 aliphatic rings. The second-order valence-corrected chi connectivity index (χ2v) is 9.57. The second kappa shape index (κ2) is 8.52. The van der Waals surface area contributed by atoms with E-state index in [2.05, 4.69) is 38.9 Å². The summed E-state index contributed by atoms with van der Waals surface area (Å²) >= 11 is 3.01. The van der Waals surface area contributed by atoms with Crippen LogP contribution in [0, 0.1) is 11.3 Å². The van der Waals surface area contributed by atoms with Gasteiger partial charge in [0.05, 0.1) is 16.7 Å². The Morgan fingerprint density at radius 2 is 2.00 bits per heavy atom. The zero-order valence-corrected chi connectivity index (χ0v) is 17.9. The van der Waals surface area contributed by atoms with Gasteiger partial charge in [-0.3, -0.25) is 4.79 Å².